The van der Waals surface area contributed by atoms with Crippen molar-refractivity contribution in [1.29, 1.82) is 0 Å². The molecule has 2 rings (SSSR count). The normalized spacial score (nSPS) is 10.3. The second-order valence-electron chi connectivity index (χ2n) is 4.67. The maximum absolute atomic E-state index is 9.83. The fourth-order valence-electron chi connectivity index (χ4n) is 2.03. The molecule has 0 atom stereocenters. The van der Waals surface area contributed by atoms with Crippen molar-refractivity contribution in [3.8, 4) is 17.2 Å². The van der Waals surface area contributed by atoms with Gasteiger partial charge in [-0.15, -0.1) is 0 Å². The quantitative estimate of drug-likeness (QED) is 0.790. The lowest BCUT2D eigenvalue weighted by molar-refractivity contribution is 0.318. The van der Waals surface area contributed by atoms with Crippen LogP contribution in [0.4, 0.5) is 5.69 Å². The lowest BCUT2D eigenvalue weighted by atomic mass is 10.2. The molecule has 0 bridgehead atoms. The summed E-state index contributed by atoms with van der Waals surface area (Å²) in [5, 5.41) is 13.4. The smallest absolute Gasteiger partial charge is 0.176 e. The second kappa shape index (κ2) is 7.80. The van der Waals surface area contributed by atoms with E-state index in [1.165, 1.54) is 0 Å². The van der Waals surface area contributed by atoms with Crippen LogP contribution in [-0.4, -0.2) is 18.3 Å². The summed E-state index contributed by atoms with van der Waals surface area (Å²) in [6, 6.07) is 11.3. The van der Waals surface area contributed by atoms with Crippen LogP contribution in [0.15, 0.2) is 36.4 Å². The first-order valence-corrected chi connectivity index (χ1v) is 7.62. The molecular weight excluding hydrogens is 302 g/mol. The Bertz CT molecular complexity index is 614. The van der Waals surface area contributed by atoms with Gasteiger partial charge in [-0.25, -0.2) is 0 Å². The minimum absolute atomic E-state index is 0.0201. The first-order chi connectivity index (χ1) is 10.6. The lowest BCUT2D eigenvalue weighted by Gasteiger charge is -2.12. The summed E-state index contributed by atoms with van der Waals surface area (Å²) in [5.74, 6) is 1.23. The average molecular weight is 322 g/mol. The molecule has 2 aromatic rings. The monoisotopic (exact) mass is 321 g/mol. The highest BCUT2D eigenvalue weighted by Gasteiger charge is 2.09. The van der Waals surface area contributed by atoms with Crippen molar-refractivity contribution < 1.29 is 14.6 Å². The number of phenols is 1. The fourth-order valence-corrected chi connectivity index (χ4v) is 2.27. The topological polar surface area (TPSA) is 50.7 Å². The minimum Gasteiger partial charge on any atom is -0.503 e. The van der Waals surface area contributed by atoms with Gasteiger partial charge in [-0.2, -0.15) is 0 Å². The summed E-state index contributed by atoms with van der Waals surface area (Å²) in [4.78, 5) is 0. The number of ether oxygens (including phenoxy) is 2. The molecule has 0 spiro atoms. The number of anilines is 1. The minimum atomic E-state index is -0.0201. The molecule has 0 radical (unpaired) electrons. The number of hydrogen-bond acceptors (Lipinski definition) is 4. The van der Waals surface area contributed by atoms with E-state index in [-0.39, 0.29) is 10.8 Å². The van der Waals surface area contributed by atoms with E-state index < -0.39 is 0 Å². The van der Waals surface area contributed by atoms with Gasteiger partial charge < -0.3 is 19.9 Å². The number of benzene rings is 2. The van der Waals surface area contributed by atoms with Gasteiger partial charge in [0, 0.05) is 12.2 Å². The Morgan fingerprint density at radius 2 is 1.73 bits per heavy atom. The van der Waals surface area contributed by atoms with Crippen molar-refractivity contribution in [2.24, 2.45) is 0 Å². The molecule has 0 fully saturated rings. The molecule has 22 heavy (non-hydrogen) atoms. The molecule has 0 aliphatic carbocycles. The largest absolute Gasteiger partial charge is 0.503 e. The van der Waals surface area contributed by atoms with Gasteiger partial charge in [-0.3, -0.25) is 0 Å². The maximum atomic E-state index is 9.83. The summed E-state index contributed by atoms with van der Waals surface area (Å²) < 4.78 is 10.8. The van der Waals surface area contributed by atoms with Gasteiger partial charge in [0.15, 0.2) is 11.5 Å². The summed E-state index contributed by atoms with van der Waals surface area (Å²) in [5.41, 5.74) is 1.91. The maximum Gasteiger partial charge on any atom is 0.176 e. The number of phenolic OH excluding ortho intramolecular Hbond substituents is 1. The van der Waals surface area contributed by atoms with Crippen molar-refractivity contribution >= 4 is 17.3 Å². The number of aromatic hydroxyl groups is 1. The molecule has 118 valence electrons. The summed E-state index contributed by atoms with van der Waals surface area (Å²) in [6.07, 6.45) is 0. The van der Waals surface area contributed by atoms with Crippen LogP contribution >= 0.6 is 11.6 Å². The zero-order valence-electron chi connectivity index (χ0n) is 12.7. The van der Waals surface area contributed by atoms with E-state index in [0.29, 0.717) is 25.5 Å². The van der Waals surface area contributed by atoms with Crippen LogP contribution in [0.25, 0.3) is 0 Å². The van der Waals surface area contributed by atoms with Gasteiger partial charge in [0.1, 0.15) is 5.75 Å². The Morgan fingerprint density at radius 3 is 2.36 bits per heavy atom. The van der Waals surface area contributed by atoms with Crippen LogP contribution in [-0.2, 0) is 6.54 Å². The third kappa shape index (κ3) is 4.21. The van der Waals surface area contributed by atoms with Gasteiger partial charge in [0.05, 0.1) is 18.2 Å². The summed E-state index contributed by atoms with van der Waals surface area (Å²) >= 11 is 6.02. The van der Waals surface area contributed by atoms with E-state index in [0.717, 1.165) is 17.0 Å². The van der Waals surface area contributed by atoms with E-state index >= 15 is 0 Å². The highest BCUT2D eigenvalue weighted by atomic mass is 35.5. The first kappa shape index (κ1) is 16.3. The first-order valence-electron chi connectivity index (χ1n) is 7.25. The van der Waals surface area contributed by atoms with Crippen molar-refractivity contribution in [1.82, 2.24) is 0 Å². The van der Waals surface area contributed by atoms with Crippen LogP contribution < -0.4 is 14.8 Å². The van der Waals surface area contributed by atoms with Crippen LogP contribution in [0.1, 0.15) is 19.4 Å². The number of hydrogen-bond donors (Lipinski definition) is 2. The van der Waals surface area contributed by atoms with Crippen LogP contribution in [0.3, 0.4) is 0 Å². The Balaban J connectivity index is 2.04. The molecule has 4 nitrogen and oxygen atoms in total. The van der Waals surface area contributed by atoms with Crippen molar-refractivity contribution in [3.05, 3.63) is 47.0 Å². The number of nitrogens with one attached hydrogen (secondary N) is 1. The lowest BCUT2D eigenvalue weighted by Crippen LogP contribution is -2.01. The standard InChI is InChI=1S/C17H20ClNO3/c1-3-21-14-7-5-13(6-8-14)19-11-12-9-15(18)17(20)16(10-12)22-4-2/h5-10,19-20H,3-4,11H2,1-2H3. The molecule has 0 aromatic heterocycles. The van der Waals surface area contributed by atoms with Gasteiger partial charge in [0.2, 0.25) is 0 Å². The van der Waals surface area contributed by atoms with Crippen molar-refractivity contribution in [3.63, 3.8) is 0 Å². The Kier molecular flexibility index (Phi) is 5.78. The molecule has 5 heteroatoms. The SMILES string of the molecule is CCOc1ccc(NCc2cc(Cl)c(O)c(OCC)c2)cc1. The molecule has 0 saturated heterocycles. The second-order valence-corrected chi connectivity index (χ2v) is 5.08. The number of halogens is 1. The van der Waals surface area contributed by atoms with E-state index in [2.05, 4.69) is 5.32 Å². The fraction of sp³-hybridized carbons (Fsp3) is 0.294. The third-order valence-corrected chi connectivity index (χ3v) is 3.34. The van der Waals surface area contributed by atoms with Crippen molar-refractivity contribution in [2.45, 2.75) is 20.4 Å². The van der Waals surface area contributed by atoms with Crippen molar-refractivity contribution in [2.75, 3.05) is 18.5 Å². The Morgan fingerprint density at radius 1 is 1.05 bits per heavy atom. The van der Waals surface area contributed by atoms with E-state index in [1.54, 1.807) is 12.1 Å². The third-order valence-electron chi connectivity index (χ3n) is 3.05. The zero-order valence-corrected chi connectivity index (χ0v) is 13.5. The van der Waals surface area contributed by atoms with Crippen LogP contribution in [0, 0.1) is 0 Å². The molecular formula is C17H20ClNO3. The predicted molar refractivity (Wildman–Crippen MR) is 89.2 cm³/mol. The number of rotatable bonds is 7. The highest BCUT2D eigenvalue weighted by Crippen LogP contribution is 2.35. The summed E-state index contributed by atoms with van der Waals surface area (Å²) in [6.45, 7) is 5.52. The molecule has 2 N–H and O–H groups in total. The van der Waals surface area contributed by atoms with Crippen LogP contribution in [0.5, 0.6) is 17.2 Å². The molecule has 0 aliphatic heterocycles. The molecule has 0 saturated carbocycles. The van der Waals surface area contributed by atoms with Gasteiger partial charge >= 0.3 is 0 Å². The predicted octanol–water partition coefficient (Wildman–Crippen LogP) is 4.46. The Hall–Kier alpha value is -2.07. The van der Waals surface area contributed by atoms with Gasteiger partial charge in [-0.05, 0) is 55.8 Å². The molecule has 0 aliphatic rings. The molecule has 0 unspecified atom stereocenters. The zero-order chi connectivity index (χ0) is 15.9. The molecule has 2 aromatic carbocycles. The van der Waals surface area contributed by atoms with E-state index in [4.69, 9.17) is 21.1 Å². The van der Waals surface area contributed by atoms with E-state index in [9.17, 15) is 5.11 Å². The molecule has 0 amide bonds. The van der Waals surface area contributed by atoms with Gasteiger partial charge in [0.25, 0.3) is 0 Å². The van der Waals surface area contributed by atoms with E-state index in [1.807, 2.05) is 38.1 Å². The van der Waals surface area contributed by atoms with Gasteiger partial charge in [-0.1, -0.05) is 11.6 Å². The highest BCUT2D eigenvalue weighted by molar-refractivity contribution is 6.32. The summed E-state index contributed by atoms with van der Waals surface area (Å²) in [7, 11) is 0. The van der Waals surface area contributed by atoms with Crippen LogP contribution in [0.2, 0.25) is 5.02 Å². The Labute approximate surface area is 135 Å². The molecule has 0 heterocycles. The average Bonchev–Trinajstić information content (AvgIpc) is 2.52.